The van der Waals surface area contributed by atoms with Crippen molar-refractivity contribution in [3.05, 3.63) is 29.3 Å². The van der Waals surface area contributed by atoms with Gasteiger partial charge in [-0.05, 0) is 43.4 Å². The summed E-state index contributed by atoms with van der Waals surface area (Å²) < 4.78 is 38.3. The highest BCUT2D eigenvalue weighted by molar-refractivity contribution is 5.55. The van der Waals surface area contributed by atoms with E-state index in [9.17, 15) is 13.2 Å². The Labute approximate surface area is 121 Å². The normalized spacial score (nSPS) is 19.4. The molecular weight excluding hydrogens is 281 g/mol. The number of aliphatic hydroxyl groups excluding tert-OH is 1. The lowest BCUT2D eigenvalue weighted by atomic mass is 9.94. The van der Waals surface area contributed by atoms with Gasteiger partial charge in [0.1, 0.15) is 0 Å². The maximum atomic E-state index is 12.8. The van der Waals surface area contributed by atoms with Gasteiger partial charge in [-0.3, -0.25) is 0 Å². The fraction of sp³-hybridized carbons (Fsp3) is 0.533. The van der Waals surface area contributed by atoms with Crippen molar-refractivity contribution < 1.29 is 18.3 Å². The van der Waals surface area contributed by atoms with Crippen LogP contribution in [0.4, 0.5) is 18.9 Å². The van der Waals surface area contributed by atoms with Crippen molar-refractivity contribution >= 4 is 5.69 Å². The minimum absolute atomic E-state index is 0.120. The maximum absolute atomic E-state index is 12.8. The summed E-state index contributed by atoms with van der Waals surface area (Å²) in [7, 11) is 0. The summed E-state index contributed by atoms with van der Waals surface area (Å²) in [4.78, 5) is 1.99. The second-order valence-corrected chi connectivity index (χ2v) is 5.31. The van der Waals surface area contributed by atoms with E-state index in [0.29, 0.717) is 24.6 Å². The van der Waals surface area contributed by atoms with Crippen LogP contribution in [0.1, 0.15) is 30.4 Å². The van der Waals surface area contributed by atoms with E-state index in [-0.39, 0.29) is 12.2 Å². The summed E-state index contributed by atoms with van der Waals surface area (Å²) in [6.45, 7) is 1.59. The van der Waals surface area contributed by atoms with Crippen LogP contribution in [0.2, 0.25) is 0 Å². The molecule has 21 heavy (non-hydrogen) atoms. The van der Waals surface area contributed by atoms with Gasteiger partial charge in [0, 0.05) is 25.4 Å². The number of aliphatic hydroxyl groups is 1. The van der Waals surface area contributed by atoms with Crippen LogP contribution in [0.25, 0.3) is 0 Å². The molecule has 0 aromatic heterocycles. The van der Waals surface area contributed by atoms with Gasteiger partial charge in [0.2, 0.25) is 0 Å². The minimum atomic E-state index is -4.51. The van der Waals surface area contributed by atoms with Gasteiger partial charge in [-0.2, -0.15) is 18.4 Å². The standard InChI is InChI=1S/C15H17F3N2O/c16-15(17,18)14-4-3-13(8-12(14)9-19)20-6-1-2-11(10-20)5-7-21/h3-4,8,11,21H,1-2,5-7,10H2. The monoisotopic (exact) mass is 298 g/mol. The Morgan fingerprint density at radius 1 is 1.38 bits per heavy atom. The molecule has 6 heteroatoms. The summed E-state index contributed by atoms with van der Waals surface area (Å²) >= 11 is 0. The molecule has 0 amide bonds. The average Bonchev–Trinajstić information content (AvgIpc) is 2.46. The van der Waals surface area contributed by atoms with Gasteiger partial charge in [-0.1, -0.05) is 0 Å². The van der Waals surface area contributed by atoms with E-state index >= 15 is 0 Å². The summed E-state index contributed by atoms with van der Waals surface area (Å²) in [5.41, 5.74) is -0.593. The molecule has 1 unspecified atom stereocenters. The van der Waals surface area contributed by atoms with Crippen LogP contribution < -0.4 is 4.90 Å². The fourth-order valence-electron chi connectivity index (χ4n) is 2.79. The fourth-order valence-corrected chi connectivity index (χ4v) is 2.79. The second-order valence-electron chi connectivity index (χ2n) is 5.31. The molecule has 0 aliphatic carbocycles. The van der Waals surface area contributed by atoms with E-state index in [2.05, 4.69) is 0 Å². The number of nitrogens with zero attached hydrogens (tertiary/aromatic N) is 2. The first-order chi connectivity index (χ1) is 9.95. The summed E-state index contributed by atoms with van der Waals surface area (Å²) in [5, 5.41) is 17.9. The molecule has 0 bridgehead atoms. The minimum Gasteiger partial charge on any atom is -0.396 e. The SMILES string of the molecule is N#Cc1cc(N2CCCC(CCO)C2)ccc1C(F)(F)F. The van der Waals surface area contributed by atoms with Gasteiger partial charge in [0.15, 0.2) is 0 Å². The zero-order valence-corrected chi connectivity index (χ0v) is 11.5. The van der Waals surface area contributed by atoms with Crippen molar-refractivity contribution in [2.45, 2.75) is 25.4 Å². The van der Waals surface area contributed by atoms with Gasteiger partial charge in [0.05, 0.1) is 17.2 Å². The largest absolute Gasteiger partial charge is 0.417 e. The van der Waals surface area contributed by atoms with Crippen molar-refractivity contribution in [3.8, 4) is 6.07 Å². The van der Waals surface area contributed by atoms with Gasteiger partial charge in [-0.25, -0.2) is 0 Å². The van der Waals surface area contributed by atoms with Crippen molar-refractivity contribution in [2.75, 3.05) is 24.6 Å². The lowest BCUT2D eigenvalue weighted by Gasteiger charge is -2.34. The molecule has 1 heterocycles. The van der Waals surface area contributed by atoms with E-state index in [1.807, 2.05) is 4.90 Å². The Morgan fingerprint density at radius 2 is 2.14 bits per heavy atom. The molecule has 1 aromatic rings. The number of anilines is 1. The number of nitriles is 1. The van der Waals surface area contributed by atoms with Crippen molar-refractivity contribution in [2.24, 2.45) is 5.92 Å². The first-order valence-electron chi connectivity index (χ1n) is 6.93. The maximum Gasteiger partial charge on any atom is 0.417 e. The molecule has 1 aliphatic heterocycles. The first kappa shape index (κ1) is 15.6. The van der Waals surface area contributed by atoms with E-state index < -0.39 is 11.7 Å². The van der Waals surface area contributed by atoms with Crippen molar-refractivity contribution in [1.29, 1.82) is 5.26 Å². The van der Waals surface area contributed by atoms with Crippen molar-refractivity contribution in [3.63, 3.8) is 0 Å². The molecule has 2 rings (SSSR count). The Morgan fingerprint density at radius 3 is 2.76 bits per heavy atom. The number of halogens is 3. The van der Waals surface area contributed by atoms with E-state index in [4.69, 9.17) is 10.4 Å². The number of piperidine rings is 1. The third-order valence-electron chi connectivity index (χ3n) is 3.85. The molecule has 1 aromatic carbocycles. The Balaban J connectivity index is 2.23. The van der Waals surface area contributed by atoms with Gasteiger partial charge in [0.25, 0.3) is 0 Å². The third-order valence-corrected chi connectivity index (χ3v) is 3.85. The molecule has 1 atom stereocenters. The van der Waals surface area contributed by atoms with E-state index in [1.54, 1.807) is 6.07 Å². The molecule has 1 saturated heterocycles. The molecule has 0 radical (unpaired) electrons. The predicted molar refractivity (Wildman–Crippen MR) is 72.8 cm³/mol. The quantitative estimate of drug-likeness (QED) is 0.932. The molecule has 1 aliphatic rings. The zero-order chi connectivity index (χ0) is 15.5. The number of alkyl halides is 3. The van der Waals surface area contributed by atoms with Crippen LogP contribution in [0, 0.1) is 17.2 Å². The van der Waals surface area contributed by atoms with Crippen LogP contribution >= 0.6 is 0 Å². The second kappa shape index (κ2) is 6.35. The van der Waals surface area contributed by atoms with Gasteiger partial charge in [-0.15, -0.1) is 0 Å². The highest BCUT2D eigenvalue weighted by Gasteiger charge is 2.34. The van der Waals surface area contributed by atoms with Gasteiger partial charge < -0.3 is 10.0 Å². The molecule has 1 N–H and O–H groups in total. The van der Waals surface area contributed by atoms with Crippen molar-refractivity contribution in [1.82, 2.24) is 0 Å². The molecule has 0 saturated carbocycles. The van der Waals surface area contributed by atoms with Crippen LogP contribution in [0.3, 0.4) is 0 Å². The van der Waals surface area contributed by atoms with E-state index in [1.165, 1.54) is 12.1 Å². The van der Waals surface area contributed by atoms with E-state index in [0.717, 1.165) is 25.5 Å². The van der Waals surface area contributed by atoms with Crippen LogP contribution in [-0.2, 0) is 6.18 Å². The summed E-state index contributed by atoms with van der Waals surface area (Å²) in [5.74, 6) is 0.344. The predicted octanol–water partition coefficient (Wildman–Crippen LogP) is 3.18. The number of benzene rings is 1. The lowest BCUT2D eigenvalue weighted by Crippen LogP contribution is -2.35. The highest BCUT2D eigenvalue weighted by atomic mass is 19.4. The number of rotatable bonds is 3. The molecule has 1 fully saturated rings. The molecule has 0 spiro atoms. The Bertz CT molecular complexity index is 535. The summed E-state index contributed by atoms with van der Waals surface area (Å²) in [6, 6.07) is 5.34. The molecule has 114 valence electrons. The first-order valence-corrected chi connectivity index (χ1v) is 6.93. The van der Waals surface area contributed by atoms with Crippen LogP contribution in [0.5, 0.6) is 0 Å². The average molecular weight is 298 g/mol. The van der Waals surface area contributed by atoms with Crippen LogP contribution in [0.15, 0.2) is 18.2 Å². The molecule has 3 nitrogen and oxygen atoms in total. The highest BCUT2D eigenvalue weighted by Crippen LogP contribution is 2.34. The zero-order valence-electron chi connectivity index (χ0n) is 11.5. The Kier molecular flexibility index (Phi) is 4.73. The van der Waals surface area contributed by atoms with Gasteiger partial charge >= 0.3 is 6.18 Å². The smallest absolute Gasteiger partial charge is 0.396 e. The third kappa shape index (κ3) is 3.67. The molecular formula is C15H17F3N2O. The lowest BCUT2D eigenvalue weighted by molar-refractivity contribution is -0.137. The Hall–Kier alpha value is -1.74. The topological polar surface area (TPSA) is 47.3 Å². The van der Waals surface area contributed by atoms with Crippen LogP contribution in [-0.4, -0.2) is 24.8 Å². The summed E-state index contributed by atoms with van der Waals surface area (Å²) in [6.07, 6.45) is -1.86. The number of hydrogen-bond donors (Lipinski definition) is 1. The number of hydrogen-bond acceptors (Lipinski definition) is 3.